The van der Waals surface area contributed by atoms with E-state index in [2.05, 4.69) is 34.6 Å². The molecule has 8 N–H and O–H groups in total. The second-order valence-electron chi connectivity index (χ2n) is 21.6. The van der Waals surface area contributed by atoms with Gasteiger partial charge in [0, 0.05) is 12.8 Å². The third-order valence-corrected chi connectivity index (χ3v) is 17.9. The fraction of sp³-hybridized carbons (Fsp3) is 0.977. The highest BCUT2D eigenvalue weighted by Gasteiger charge is 2.85. The SMILES string of the molecule is CC(=O)O[C@H]1[C@H](O[C@H]2CC[C@]34C[C@]35CC[C@]3(C)C(C6(C)CC[C@@H](C(C)(C)O)O6)[C@@H](O)C[C@@]3(C)[C@@H]5C[C@H](O[C@@H]3O[C@H](CO)[C@@H](O)[C@H](O)[C@H]3O)C4C2(C)C)OC[C@@H](O)[C@@H]1O. The lowest BCUT2D eigenvalue weighted by molar-refractivity contribution is -0.339. The van der Waals surface area contributed by atoms with Crippen LogP contribution in [0.3, 0.4) is 0 Å². The average molecular weight is 827 g/mol. The van der Waals surface area contributed by atoms with E-state index in [4.69, 9.17) is 28.4 Å². The predicted molar refractivity (Wildman–Crippen MR) is 203 cm³/mol. The minimum atomic E-state index is -1.62. The van der Waals surface area contributed by atoms with Gasteiger partial charge in [0.15, 0.2) is 18.7 Å². The molecule has 8 rings (SSSR count). The van der Waals surface area contributed by atoms with E-state index < -0.39 is 103 Å². The lowest BCUT2D eigenvalue weighted by Crippen LogP contribution is -2.65. The van der Waals surface area contributed by atoms with Crippen LogP contribution >= 0.6 is 0 Å². The smallest absolute Gasteiger partial charge is 0.303 e. The lowest BCUT2D eigenvalue weighted by Gasteiger charge is -2.65. The third-order valence-electron chi connectivity index (χ3n) is 17.9. The minimum Gasteiger partial charge on any atom is -0.454 e. The van der Waals surface area contributed by atoms with Gasteiger partial charge >= 0.3 is 5.97 Å². The minimum absolute atomic E-state index is 0.0829. The Balaban J connectivity index is 1.15. The molecule has 3 heterocycles. The Morgan fingerprint density at radius 1 is 0.793 bits per heavy atom. The summed E-state index contributed by atoms with van der Waals surface area (Å²) < 4.78 is 37.8. The zero-order valence-corrected chi connectivity index (χ0v) is 35.5. The Labute approximate surface area is 341 Å². The van der Waals surface area contributed by atoms with Crippen molar-refractivity contribution in [2.75, 3.05) is 13.2 Å². The molecule has 58 heavy (non-hydrogen) atoms. The van der Waals surface area contributed by atoms with Gasteiger partial charge in [0.25, 0.3) is 0 Å². The first-order valence-electron chi connectivity index (χ1n) is 21.8. The molecule has 3 aliphatic heterocycles. The molecule has 0 bridgehead atoms. The van der Waals surface area contributed by atoms with Crippen molar-refractivity contribution >= 4 is 5.97 Å². The van der Waals surface area contributed by atoms with Gasteiger partial charge in [-0.1, -0.05) is 27.7 Å². The summed E-state index contributed by atoms with van der Waals surface area (Å²) in [6.45, 7) is 15.0. The van der Waals surface area contributed by atoms with Gasteiger partial charge in [-0.05, 0) is 117 Å². The first-order chi connectivity index (χ1) is 26.9. The maximum absolute atomic E-state index is 12.2. The highest BCUT2D eigenvalue weighted by molar-refractivity contribution is 5.66. The van der Waals surface area contributed by atoms with Crippen LogP contribution in [0.4, 0.5) is 0 Å². The highest BCUT2D eigenvalue weighted by atomic mass is 16.7. The molecule has 5 aliphatic carbocycles. The molecule has 8 aliphatic rings. The van der Waals surface area contributed by atoms with Gasteiger partial charge in [0.2, 0.25) is 0 Å². The van der Waals surface area contributed by atoms with Gasteiger partial charge in [-0.3, -0.25) is 4.79 Å². The van der Waals surface area contributed by atoms with Crippen molar-refractivity contribution in [2.24, 2.45) is 44.8 Å². The van der Waals surface area contributed by atoms with Crippen molar-refractivity contribution in [1.29, 1.82) is 0 Å². The molecule has 0 aromatic rings. The molecular weight excluding hydrogens is 756 g/mol. The van der Waals surface area contributed by atoms with E-state index in [-0.39, 0.29) is 52.1 Å². The van der Waals surface area contributed by atoms with Crippen LogP contribution in [0.2, 0.25) is 0 Å². The molecule has 5 saturated carbocycles. The van der Waals surface area contributed by atoms with Gasteiger partial charge < -0.3 is 69.3 Å². The molecule has 332 valence electrons. The number of esters is 1. The summed E-state index contributed by atoms with van der Waals surface area (Å²) in [6, 6.07) is 0. The number of carbonyl (C=O) groups excluding carboxylic acids is 1. The Morgan fingerprint density at radius 3 is 2.14 bits per heavy atom. The predicted octanol–water partition coefficient (Wildman–Crippen LogP) is 1.29. The van der Waals surface area contributed by atoms with Gasteiger partial charge in [-0.15, -0.1) is 0 Å². The van der Waals surface area contributed by atoms with Crippen LogP contribution in [0.25, 0.3) is 0 Å². The molecule has 0 aromatic carbocycles. The standard InChI is InChI=1S/C43H70O15/c1-20(45)54-32-28(48)22(47)18-53-36(32)57-26-10-12-43-19-42(43)14-13-39(6)33(41(8)11-9-27(58-41)38(4,5)52)21(46)16-40(39,7)25(42)15-23(34(43)37(26,2)3)55-35-31(51)30(50)29(49)24(17-44)56-35/h21-36,44,46-52H,9-19H2,1-8H3/t21-,22+,23-,24+,25-,26-,27-,28-,29+,30-,31+,32+,33?,34?,35+,36-,39+,40-,41?,42-,43+/m0/s1. The van der Waals surface area contributed by atoms with Crippen molar-refractivity contribution < 1.29 is 74.1 Å². The Hall–Kier alpha value is -1.05. The van der Waals surface area contributed by atoms with Crippen LogP contribution in [0.5, 0.6) is 0 Å². The van der Waals surface area contributed by atoms with Gasteiger partial charge in [0.05, 0.1) is 48.8 Å². The highest BCUT2D eigenvalue weighted by Crippen LogP contribution is 2.89. The van der Waals surface area contributed by atoms with Gasteiger partial charge in [-0.2, -0.15) is 0 Å². The number of aliphatic hydroxyl groups excluding tert-OH is 7. The van der Waals surface area contributed by atoms with Crippen molar-refractivity contribution in [1.82, 2.24) is 0 Å². The quantitative estimate of drug-likeness (QED) is 0.127. The number of ether oxygens (including phenoxy) is 6. The Bertz CT molecular complexity index is 1570. The Morgan fingerprint density at radius 2 is 1.50 bits per heavy atom. The summed E-state index contributed by atoms with van der Waals surface area (Å²) in [5.74, 6) is -0.931. The maximum Gasteiger partial charge on any atom is 0.303 e. The average Bonchev–Trinajstić information content (AvgIpc) is 3.50. The summed E-state index contributed by atoms with van der Waals surface area (Å²) in [7, 11) is 0. The third kappa shape index (κ3) is 6.17. The number of rotatable bonds is 8. The molecule has 15 nitrogen and oxygen atoms in total. The van der Waals surface area contributed by atoms with Crippen molar-refractivity contribution in [2.45, 2.75) is 204 Å². The summed E-state index contributed by atoms with van der Waals surface area (Å²) in [5.41, 5.74) is -3.32. The molecule has 0 radical (unpaired) electrons. The fourth-order valence-electron chi connectivity index (χ4n) is 15.2. The summed E-state index contributed by atoms with van der Waals surface area (Å²) in [5, 5.41) is 87.3. The number of carbonyl (C=O) groups is 1. The largest absolute Gasteiger partial charge is 0.454 e. The molecule has 8 fully saturated rings. The van der Waals surface area contributed by atoms with E-state index >= 15 is 0 Å². The van der Waals surface area contributed by atoms with Gasteiger partial charge in [-0.25, -0.2) is 0 Å². The first-order valence-corrected chi connectivity index (χ1v) is 21.8. The molecule has 2 spiro atoms. The maximum atomic E-state index is 12.2. The van der Waals surface area contributed by atoms with Gasteiger partial charge in [0.1, 0.15) is 36.6 Å². The molecular formula is C43H70O15. The molecule has 3 unspecified atom stereocenters. The van der Waals surface area contributed by atoms with E-state index in [0.29, 0.717) is 25.7 Å². The van der Waals surface area contributed by atoms with E-state index in [1.54, 1.807) is 13.8 Å². The second-order valence-corrected chi connectivity index (χ2v) is 21.6. The number of hydrogen-bond donors (Lipinski definition) is 8. The number of fused-ring (bicyclic) bond motifs is 2. The number of hydrogen-bond acceptors (Lipinski definition) is 15. The lowest BCUT2D eigenvalue weighted by atomic mass is 9.41. The number of aliphatic hydroxyl groups is 8. The molecule has 21 atom stereocenters. The van der Waals surface area contributed by atoms with E-state index in [9.17, 15) is 45.6 Å². The van der Waals surface area contributed by atoms with Crippen molar-refractivity contribution in [3.63, 3.8) is 0 Å². The zero-order chi connectivity index (χ0) is 42.3. The van der Waals surface area contributed by atoms with Crippen LogP contribution in [-0.2, 0) is 33.2 Å². The van der Waals surface area contributed by atoms with E-state index in [1.165, 1.54) is 6.92 Å². The summed E-state index contributed by atoms with van der Waals surface area (Å²) in [6.07, 6.45) is -7.66. The van der Waals surface area contributed by atoms with Crippen LogP contribution in [0.1, 0.15) is 113 Å². The van der Waals surface area contributed by atoms with Crippen LogP contribution in [-0.4, -0.2) is 151 Å². The zero-order valence-electron chi connectivity index (χ0n) is 35.5. The normalized spacial score (nSPS) is 56.1. The van der Waals surface area contributed by atoms with Crippen molar-refractivity contribution in [3.05, 3.63) is 0 Å². The fourth-order valence-corrected chi connectivity index (χ4v) is 15.2. The molecule has 15 heteroatoms. The molecule has 3 saturated heterocycles. The molecule has 0 aromatic heterocycles. The Kier molecular flexibility index (Phi) is 10.7. The van der Waals surface area contributed by atoms with E-state index in [1.807, 2.05) is 0 Å². The van der Waals surface area contributed by atoms with Crippen molar-refractivity contribution in [3.8, 4) is 0 Å². The second kappa shape index (κ2) is 14.2. The van der Waals surface area contributed by atoms with Crippen LogP contribution in [0.15, 0.2) is 0 Å². The first kappa shape index (κ1) is 43.6. The summed E-state index contributed by atoms with van der Waals surface area (Å²) in [4.78, 5) is 12.1. The topological polar surface area (TPSA) is 234 Å². The molecule has 0 amide bonds. The van der Waals surface area contributed by atoms with Crippen LogP contribution < -0.4 is 0 Å². The van der Waals surface area contributed by atoms with Crippen LogP contribution in [0, 0.1) is 44.8 Å². The monoisotopic (exact) mass is 826 g/mol. The van der Waals surface area contributed by atoms with E-state index in [0.717, 1.165) is 32.1 Å². The summed E-state index contributed by atoms with van der Waals surface area (Å²) >= 11 is 0.